The number of unbranched alkanes of at least 4 members (excludes halogenated alkanes) is 5. The van der Waals surface area contributed by atoms with Gasteiger partial charge in [0.05, 0.1) is 0 Å². The third-order valence-electron chi connectivity index (χ3n) is 2.34. The first-order chi connectivity index (χ1) is 7.12. The Bertz CT molecular complexity index is 145. The molecule has 0 atom stereocenters. The van der Waals surface area contributed by atoms with Crippen LogP contribution in [0.4, 0.5) is 0 Å². The van der Waals surface area contributed by atoms with Crippen LogP contribution in [0.2, 0.25) is 13.1 Å². The highest BCUT2D eigenvalue weighted by molar-refractivity contribution is 9.09. The molecule has 0 fully saturated rings. The molecule has 0 saturated heterocycles. The maximum Gasteiger partial charge on any atom is 0.197 e. The van der Waals surface area contributed by atoms with Crippen molar-refractivity contribution in [2.45, 2.75) is 51.6 Å². The SMILES string of the molecule is C[Si](C)(CBr)OCCCCCCCCCl. The van der Waals surface area contributed by atoms with Crippen LogP contribution >= 0.6 is 27.5 Å². The van der Waals surface area contributed by atoms with Crippen LogP contribution < -0.4 is 0 Å². The summed E-state index contributed by atoms with van der Waals surface area (Å²) in [5, 5.41) is 0. The molecule has 0 radical (unpaired) electrons. The van der Waals surface area contributed by atoms with Gasteiger partial charge >= 0.3 is 0 Å². The molecule has 0 aromatic heterocycles. The summed E-state index contributed by atoms with van der Waals surface area (Å²) in [5.74, 6) is 0.814. The molecule has 4 heteroatoms. The fraction of sp³-hybridized carbons (Fsp3) is 1.00. The zero-order valence-electron chi connectivity index (χ0n) is 10.0. The number of hydrogen-bond acceptors (Lipinski definition) is 1. The molecule has 15 heavy (non-hydrogen) atoms. The summed E-state index contributed by atoms with van der Waals surface area (Å²) < 4.78 is 5.88. The van der Waals surface area contributed by atoms with Crippen molar-refractivity contribution >= 4 is 35.8 Å². The van der Waals surface area contributed by atoms with E-state index >= 15 is 0 Å². The van der Waals surface area contributed by atoms with Crippen molar-refractivity contribution in [1.29, 1.82) is 0 Å². The van der Waals surface area contributed by atoms with E-state index in [2.05, 4.69) is 29.0 Å². The van der Waals surface area contributed by atoms with Gasteiger partial charge in [0.2, 0.25) is 0 Å². The first kappa shape index (κ1) is 15.9. The van der Waals surface area contributed by atoms with Crippen LogP contribution in [0.5, 0.6) is 0 Å². The molecule has 0 N–H and O–H groups in total. The van der Waals surface area contributed by atoms with Gasteiger partial charge in [-0.2, -0.15) is 0 Å². The first-order valence-corrected chi connectivity index (χ1v) is 10.7. The van der Waals surface area contributed by atoms with Crippen LogP contribution in [0.3, 0.4) is 0 Å². The van der Waals surface area contributed by atoms with E-state index in [9.17, 15) is 0 Å². The van der Waals surface area contributed by atoms with E-state index in [-0.39, 0.29) is 0 Å². The van der Waals surface area contributed by atoms with Gasteiger partial charge in [-0.3, -0.25) is 0 Å². The quantitative estimate of drug-likeness (QED) is 0.322. The van der Waals surface area contributed by atoms with Crippen LogP contribution in [-0.2, 0) is 4.43 Å². The normalized spacial score (nSPS) is 12.0. The second-order valence-electron chi connectivity index (χ2n) is 4.55. The van der Waals surface area contributed by atoms with Gasteiger partial charge in [-0.1, -0.05) is 41.6 Å². The van der Waals surface area contributed by atoms with Crippen LogP contribution in [0.15, 0.2) is 0 Å². The van der Waals surface area contributed by atoms with Crippen molar-refractivity contribution in [3.05, 3.63) is 0 Å². The molecule has 1 nitrogen and oxygen atoms in total. The van der Waals surface area contributed by atoms with E-state index in [1.807, 2.05) is 0 Å². The minimum absolute atomic E-state index is 0.814. The largest absolute Gasteiger partial charge is 0.417 e. The fourth-order valence-corrected chi connectivity index (χ4v) is 2.74. The topological polar surface area (TPSA) is 9.23 Å². The average molecular weight is 316 g/mol. The Morgan fingerprint density at radius 3 is 2.07 bits per heavy atom. The van der Waals surface area contributed by atoms with Gasteiger partial charge in [0.25, 0.3) is 0 Å². The van der Waals surface area contributed by atoms with Crippen LogP contribution in [-0.4, -0.2) is 25.8 Å². The molecule has 0 heterocycles. The van der Waals surface area contributed by atoms with Crippen molar-refractivity contribution in [3.8, 4) is 0 Å². The lowest BCUT2D eigenvalue weighted by Crippen LogP contribution is -2.33. The van der Waals surface area contributed by atoms with Crippen molar-refractivity contribution in [3.63, 3.8) is 0 Å². The van der Waals surface area contributed by atoms with Crippen molar-refractivity contribution < 1.29 is 4.43 Å². The predicted molar refractivity (Wildman–Crippen MR) is 75.7 cm³/mol. The maximum absolute atomic E-state index is 5.88. The molecule has 0 aromatic carbocycles. The third-order valence-corrected chi connectivity index (χ3v) is 8.29. The molecule has 0 bridgehead atoms. The Labute approximate surface area is 109 Å². The van der Waals surface area contributed by atoms with Crippen molar-refractivity contribution in [2.75, 3.05) is 17.4 Å². The summed E-state index contributed by atoms with van der Waals surface area (Å²) in [6.45, 7) is 5.45. The molecular formula is C11H24BrClOSi. The number of alkyl halides is 2. The van der Waals surface area contributed by atoms with Crippen LogP contribution in [0.25, 0.3) is 0 Å². The molecule has 0 unspecified atom stereocenters. The zero-order valence-corrected chi connectivity index (χ0v) is 13.4. The fourth-order valence-electron chi connectivity index (χ4n) is 1.29. The second-order valence-corrected chi connectivity index (χ2v) is 10.7. The summed E-state index contributed by atoms with van der Waals surface area (Å²) in [4.78, 5) is 1.04. The Morgan fingerprint density at radius 2 is 1.53 bits per heavy atom. The molecular weight excluding hydrogens is 292 g/mol. The van der Waals surface area contributed by atoms with Crippen molar-refractivity contribution in [2.24, 2.45) is 0 Å². The number of halogens is 2. The highest BCUT2D eigenvalue weighted by Crippen LogP contribution is 2.10. The van der Waals surface area contributed by atoms with Crippen molar-refractivity contribution in [1.82, 2.24) is 0 Å². The molecule has 0 spiro atoms. The lowest BCUT2D eigenvalue weighted by atomic mass is 10.1. The first-order valence-electron chi connectivity index (χ1n) is 5.88. The van der Waals surface area contributed by atoms with Gasteiger partial charge in [-0.25, -0.2) is 0 Å². The monoisotopic (exact) mass is 314 g/mol. The highest BCUT2D eigenvalue weighted by atomic mass is 79.9. The van der Waals surface area contributed by atoms with Crippen LogP contribution in [0, 0.1) is 0 Å². The van der Waals surface area contributed by atoms with Gasteiger partial charge < -0.3 is 4.43 Å². The summed E-state index contributed by atoms with van der Waals surface area (Å²) in [6.07, 6.45) is 7.62. The minimum Gasteiger partial charge on any atom is -0.417 e. The Kier molecular flexibility index (Phi) is 10.8. The Morgan fingerprint density at radius 1 is 1.00 bits per heavy atom. The zero-order chi connectivity index (χ0) is 11.6. The van der Waals surface area contributed by atoms with E-state index in [1.54, 1.807) is 0 Å². The molecule has 0 aliphatic rings. The Balaban J connectivity index is 3.11. The molecule has 0 aromatic rings. The van der Waals surface area contributed by atoms with Gasteiger partial charge in [-0.05, 0) is 25.9 Å². The van der Waals surface area contributed by atoms with E-state index in [4.69, 9.17) is 16.0 Å². The standard InChI is InChI=1S/C11H24BrClOSi/c1-15(2,11-12)14-10-8-6-4-3-5-7-9-13/h3-11H2,1-2H3. The van der Waals surface area contributed by atoms with Crippen LogP contribution in [0.1, 0.15) is 38.5 Å². The molecule has 0 aliphatic carbocycles. The summed E-state index contributed by atoms with van der Waals surface area (Å²) in [6, 6.07) is 0. The van der Waals surface area contributed by atoms with Gasteiger partial charge in [-0.15, -0.1) is 11.6 Å². The van der Waals surface area contributed by atoms with Gasteiger partial charge in [0.15, 0.2) is 8.32 Å². The molecule has 0 rings (SSSR count). The average Bonchev–Trinajstić information content (AvgIpc) is 2.22. The summed E-state index contributed by atoms with van der Waals surface area (Å²) >= 11 is 9.12. The predicted octanol–water partition coefficient (Wildman–Crippen LogP) is 4.72. The summed E-state index contributed by atoms with van der Waals surface area (Å²) in [5.41, 5.74) is 0. The highest BCUT2D eigenvalue weighted by Gasteiger charge is 2.19. The molecule has 0 saturated carbocycles. The smallest absolute Gasteiger partial charge is 0.197 e. The molecule has 0 aliphatic heterocycles. The van der Waals surface area contributed by atoms with E-state index in [0.29, 0.717) is 0 Å². The number of rotatable bonds is 10. The van der Waals surface area contributed by atoms with E-state index in [0.717, 1.165) is 17.4 Å². The lowest BCUT2D eigenvalue weighted by Gasteiger charge is -2.19. The minimum atomic E-state index is -1.36. The second kappa shape index (κ2) is 10.1. The lowest BCUT2D eigenvalue weighted by molar-refractivity contribution is 0.298. The van der Waals surface area contributed by atoms with E-state index < -0.39 is 8.32 Å². The van der Waals surface area contributed by atoms with Gasteiger partial charge in [0, 0.05) is 17.4 Å². The molecule has 92 valence electrons. The maximum atomic E-state index is 5.88. The van der Waals surface area contributed by atoms with E-state index in [1.165, 1.54) is 38.5 Å². The number of hydrogen-bond donors (Lipinski definition) is 0. The third kappa shape index (κ3) is 11.2. The van der Waals surface area contributed by atoms with Gasteiger partial charge in [0.1, 0.15) is 0 Å². The summed E-state index contributed by atoms with van der Waals surface area (Å²) in [7, 11) is -1.36. The molecule has 0 amide bonds. The Hall–Kier alpha value is 0.947.